The quantitative estimate of drug-likeness (QED) is 0.789. The summed E-state index contributed by atoms with van der Waals surface area (Å²) in [6.45, 7) is 2.11. The Labute approximate surface area is 109 Å². The number of benzene rings is 1. The van der Waals surface area contributed by atoms with Gasteiger partial charge in [0.1, 0.15) is 18.0 Å². The van der Waals surface area contributed by atoms with Gasteiger partial charge in [-0.3, -0.25) is 9.11 Å². The molecule has 4 nitrogen and oxygen atoms in total. The van der Waals surface area contributed by atoms with Crippen LogP contribution in [0.2, 0.25) is 0 Å². The van der Waals surface area contributed by atoms with E-state index >= 15 is 0 Å². The van der Waals surface area contributed by atoms with Crippen LogP contribution in [0.5, 0.6) is 5.75 Å². The summed E-state index contributed by atoms with van der Waals surface area (Å²) in [6.07, 6.45) is 0.737. The van der Waals surface area contributed by atoms with Gasteiger partial charge in [-0.1, -0.05) is 6.07 Å². The van der Waals surface area contributed by atoms with E-state index in [4.69, 9.17) is 4.74 Å². The minimum absolute atomic E-state index is 0.186. The van der Waals surface area contributed by atoms with E-state index in [0.29, 0.717) is 18.6 Å². The van der Waals surface area contributed by atoms with Crippen molar-refractivity contribution in [1.29, 1.82) is 0 Å². The second-order valence-corrected chi connectivity index (χ2v) is 7.35. The van der Waals surface area contributed by atoms with E-state index in [1.54, 1.807) is 12.1 Å². The molecule has 0 unspecified atom stereocenters. The normalized spacial score (nSPS) is 23.3. The maximum Gasteiger partial charge on any atom is 0.119 e. The molecule has 1 aliphatic rings. The highest BCUT2D eigenvalue weighted by Crippen LogP contribution is 2.46. The minimum atomic E-state index is -2.46. The molecular formula is C13H19O4S. The van der Waals surface area contributed by atoms with Crippen LogP contribution in [0.3, 0.4) is 0 Å². The van der Waals surface area contributed by atoms with Crippen molar-refractivity contribution < 1.29 is 18.9 Å². The van der Waals surface area contributed by atoms with Gasteiger partial charge in [-0.2, -0.15) is 10.6 Å². The molecule has 1 aromatic carbocycles. The molecule has 0 aromatic heterocycles. The first-order valence-corrected chi connectivity index (χ1v) is 7.84. The number of hydrogen-bond acceptors (Lipinski definition) is 4. The Hall–Kier alpha value is -0.750. The van der Waals surface area contributed by atoms with Crippen molar-refractivity contribution in [3.63, 3.8) is 0 Å². The van der Waals surface area contributed by atoms with E-state index in [1.165, 1.54) is 0 Å². The summed E-state index contributed by atoms with van der Waals surface area (Å²) in [4.78, 5) is 0. The topological polar surface area (TPSA) is 69.9 Å². The molecule has 1 heterocycles. The Balaban J connectivity index is 1.90. The van der Waals surface area contributed by atoms with Gasteiger partial charge in [0.25, 0.3) is 0 Å². The fraction of sp³-hybridized carbons (Fsp3) is 0.538. The highest BCUT2D eigenvalue weighted by Gasteiger charge is 2.36. The van der Waals surface area contributed by atoms with Gasteiger partial charge in [0, 0.05) is 11.5 Å². The van der Waals surface area contributed by atoms with Crippen LogP contribution in [0.15, 0.2) is 18.2 Å². The van der Waals surface area contributed by atoms with Crippen molar-refractivity contribution in [3.8, 4) is 5.75 Å². The molecule has 1 fully saturated rings. The number of aliphatic hydroxyl groups is 1. The Morgan fingerprint density at radius 2 is 2.06 bits per heavy atom. The fourth-order valence-corrected chi connectivity index (χ4v) is 3.56. The average molecular weight is 271 g/mol. The first kappa shape index (κ1) is 13.7. The molecule has 1 saturated heterocycles. The predicted octanol–water partition coefficient (Wildman–Crippen LogP) is 2.45. The van der Waals surface area contributed by atoms with Crippen molar-refractivity contribution >= 4 is 10.6 Å². The van der Waals surface area contributed by atoms with Crippen LogP contribution in [0.1, 0.15) is 18.4 Å². The smallest absolute Gasteiger partial charge is 0.119 e. The predicted molar refractivity (Wildman–Crippen MR) is 72.3 cm³/mol. The highest BCUT2D eigenvalue weighted by atomic mass is 32.3. The third kappa shape index (κ3) is 3.62. The van der Waals surface area contributed by atoms with E-state index in [-0.39, 0.29) is 18.1 Å². The molecule has 1 aromatic rings. The van der Waals surface area contributed by atoms with E-state index in [1.807, 2.05) is 13.0 Å². The number of hydrogen-bond donors (Lipinski definition) is 3. The van der Waals surface area contributed by atoms with Gasteiger partial charge >= 0.3 is 0 Å². The van der Waals surface area contributed by atoms with Crippen molar-refractivity contribution in [2.24, 2.45) is 0 Å². The first-order valence-electron chi connectivity index (χ1n) is 5.96. The summed E-state index contributed by atoms with van der Waals surface area (Å²) in [6, 6.07) is 8.47. The zero-order chi connectivity index (χ0) is 13.2. The van der Waals surface area contributed by atoms with E-state index in [2.05, 4.69) is 6.07 Å². The summed E-state index contributed by atoms with van der Waals surface area (Å²) >= 11 is 0. The van der Waals surface area contributed by atoms with Gasteiger partial charge in [0.05, 0.1) is 0 Å². The van der Waals surface area contributed by atoms with Crippen molar-refractivity contribution in [1.82, 2.24) is 0 Å². The Morgan fingerprint density at radius 1 is 1.39 bits per heavy atom. The summed E-state index contributed by atoms with van der Waals surface area (Å²) in [5.41, 5.74) is 0.0346. The molecule has 101 valence electrons. The third-order valence-electron chi connectivity index (χ3n) is 3.21. The fourth-order valence-electron chi connectivity index (χ4n) is 1.94. The van der Waals surface area contributed by atoms with Gasteiger partial charge in [0.2, 0.25) is 0 Å². The van der Waals surface area contributed by atoms with Crippen molar-refractivity contribution in [2.45, 2.75) is 25.4 Å². The standard InChI is InChI=1S/C13H19O4S/c1-11-3-2-4-12(9-11)17-10-13(14)5-7-18(15,16)8-6-13/h2,4,9,14-16H,5-8,10H2,1H3. The number of ether oxygens (including phenoxy) is 1. The SMILES string of the molecule is Cc1[c]ccc(OCC2(O)CCS(O)(O)CC2)c1. The van der Waals surface area contributed by atoms with Gasteiger partial charge < -0.3 is 9.84 Å². The van der Waals surface area contributed by atoms with E-state index < -0.39 is 16.2 Å². The minimum Gasteiger partial charge on any atom is -0.491 e. The lowest BCUT2D eigenvalue weighted by Crippen LogP contribution is -2.42. The van der Waals surface area contributed by atoms with Gasteiger partial charge in [0.15, 0.2) is 0 Å². The molecule has 1 radical (unpaired) electrons. The Kier molecular flexibility index (Phi) is 3.87. The molecule has 1 aliphatic heterocycles. The highest BCUT2D eigenvalue weighted by molar-refractivity contribution is 8.24. The zero-order valence-electron chi connectivity index (χ0n) is 10.4. The first-order chi connectivity index (χ1) is 8.39. The lowest BCUT2D eigenvalue weighted by Gasteiger charge is -2.43. The molecule has 0 atom stereocenters. The Bertz CT molecular complexity index is 409. The molecule has 5 heteroatoms. The van der Waals surface area contributed by atoms with Crippen LogP contribution < -0.4 is 4.74 Å². The molecule has 0 spiro atoms. The van der Waals surface area contributed by atoms with E-state index in [9.17, 15) is 14.2 Å². The molecule has 0 bridgehead atoms. The maximum atomic E-state index is 10.3. The summed E-state index contributed by atoms with van der Waals surface area (Å²) in [7, 11) is -2.46. The molecule has 18 heavy (non-hydrogen) atoms. The zero-order valence-corrected chi connectivity index (χ0v) is 11.2. The van der Waals surface area contributed by atoms with Crippen molar-refractivity contribution in [2.75, 3.05) is 18.1 Å². The summed E-state index contributed by atoms with van der Waals surface area (Å²) < 4.78 is 24.6. The average Bonchev–Trinajstić information content (AvgIpc) is 2.32. The van der Waals surface area contributed by atoms with Gasteiger partial charge in [-0.15, -0.1) is 0 Å². The van der Waals surface area contributed by atoms with Crippen LogP contribution in [0.25, 0.3) is 0 Å². The maximum absolute atomic E-state index is 10.3. The van der Waals surface area contributed by atoms with E-state index in [0.717, 1.165) is 5.56 Å². The number of rotatable bonds is 3. The summed E-state index contributed by atoms with van der Waals surface area (Å²) in [5.74, 6) is 1.22. The lowest BCUT2D eigenvalue weighted by molar-refractivity contribution is -0.0140. The van der Waals surface area contributed by atoms with Crippen LogP contribution in [-0.2, 0) is 0 Å². The summed E-state index contributed by atoms with van der Waals surface area (Å²) in [5, 5.41) is 10.3. The van der Waals surface area contributed by atoms with Crippen LogP contribution in [0.4, 0.5) is 0 Å². The second-order valence-electron chi connectivity index (χ2n) is 4.93. The largest absolute Gasteiger partial charge is 0.491 e. The van der Waals surface area contributed by atoms with Crippen molar-refractivity contribution in [3.05, 3.63) is 29.8 Å². The molecule has 3 N–H and O–H groups in total. The molecule has 2 rings (SSSR count). The monoisotopic (exact) mass is 271 g/mol. The van der Waals surface area contributed by atoms with Gasteiger partial charge in [-0.05, 0) is 43.5 Å². The Morgan fingerprint density at radius 3 is 2.67 bits per heavy atom. The molecule has 0 aliphatic carbocycles. The van der Waals surface area contributed by atoms with Gasteiger partial charge in [-0.25, -0.2) is 0 Å². The molecule has 0 saturated carbocycles. The molecular weight excluding hydrogens is 252 g/mol. The third-order valence-corrected chi connectivity index (χ3v) is 4.93. The van der Waals surface area contributed by atoms with Crippen LogP contribution >= 0.6 is 10.6 Å². The second kappa shape index (κ2) is 5.09. The number of aryl methyl sites for hydroxylation is 1. The molecule has 0 amide bonds. The lowest BCUT2D eigenvalue weighted by atomic mass is 9.98. The van der Waals surface area contributed by atoms with Crippen LogP contribution in [-0.4, -0.2) is 37.9 Å². The van der Waals surface area contributed by atoms with Crippen LogP contribution in [0, 0.1) is 13.0 Å².